The lowest BCUT2D eigenvalue weighted by Crippen LogP contribution is -2.13. The Hall–Kier alpha value is -1.82. The second kappa shape index (κ2) is 3.59. The molecule has 1 N–H and O–H groups in total. The minimum atomic E-state index is -0.237. The van der Waals surface area contributed by atoms with Crippen LogP contribution in [0.3, 0.4) is 0 Å². The minimum absolute atomic E-state index is 0.124. The summed E-state index contributed by atoms with van der Waals surface area (Å²) in [4.78, 5) is 11.6. The van der Waals surface area contributed by atoms with Crippen molar-refractivity contribution in [1.82, 2.24) is 0 Å². The van der Waals surface area contributed by atoms with E-state index in [-0.39, 0.29) is 17.2 Å². The number of nitrogens with one attached hydrogen (secondary N) is 1. The summed E-state index contributed by atoms with van der Waals surface area (Å²) in [6.45, 7) is 0. The number of carbonyl (C=O) groups excluding carboxylic acids is 1. The molecule has 0 unspecified atom stereocenters. The van der Waals surface area contributed by atoms with Gasteiger partial charge in [0.1, 0.15) is 0 Å². The SMILES string of the molecule is N#CC1(c2ccc(NC(=O)C3CC3)cc2)CC1. The van der Waals surface area contributed by atoms with Crippen LogP contribution in [0, 0.1) is 17.2 Å². The van der Waals surface area contributed by atoms with Crippen molar-refractivity contribution >= 4 is 11.6 Å². The monoisotopic (exact) mass is 226 g/mol. The maximum atomic E-state index is 11.6. The first kappa shape index (κ1) is 10.3. The van der Waals surface area contributed by atoms with Crippen molar-refractivity contribution in [2.75, 3.05) is 5.32 Å². The van der Waals surface area contributed by atoms with Crippen LogP contribution < -0.4 is 5.32 Å². The smallest absolute Gasteiger partial charge is 0.227 e. The van der Waals surface area contributed by atoms with E-state index in [1.807, 2.05) is 24.3 Å². The number of benzene rings is 1. The van der Waals surface area contributed by atoms with Crippen molar-refractivity contribution in [3.63, 3.8) is 0 Å². The average molecular weight is 226 g/mol. The van der Waals surface area contributed by atoms with Gasteiger partial charge in [-0.2, -0.15) is 5.26 Å². The molecular formula is C14H14N2O. The van der Waals surface area contributed by atoms with Gasteiger partial charge in [-0.1, -0.05) is 12.1 Å². The topological polar surface area (TPSA) is 52.9 Å². The molecule has 3 rings (SSSR count). The molecule has 1 amide bonds. The first-order chi connectivity index (χ1) is 8.23. The maximum absolute atomic E-state index is 11.6. The van der Waals surface area contributed by atoms with Gasteiger partial charge in [-0.15, -0.1) is 0 Å². The van der Waals surface area contributed by atoms with Gasteiger partial charge >= 0.3 is 0 Å². The molecule has 1 aromatic rings. The highest BCUT2D eigenvalue weighted by atomic mass is 16.2. The molecule has 0 saturated heterocycles. The molecule has 2 aliphatic rings. The zero-order valence-electron chi connectivity index (χ0n) is 9.57. The fourth-order valence-corrected chi connectivity index (χ4v) is 2.05. The highest BCUT2D eigenvalue weighted by Gasteiger charge is 2.44. The molecule has 3 heteroatoms. The van der Waals surface area contributed by atoms with Crippen LogP contribution in [0.5, 0.6) is 0 Å². The Morgan fingerprint density at radius 3 is 2.41 bits per heavy atom. The molecule has 0 heterocycles. The van der Waals surface area contributed by atoms with Crippen LogP contribution in [-0.4, -0.2) is 5.91 Å². The van der Waals surface area contributed by atoms with Crippen molar-refractivity contribution in [3.8, 4) is 6.07 Å². The van der Waals surface area contributed by atoms with E-state index in [0.717, 1.165) is 36.9 Å². The lowest BCUT2D eigenvalue weighted by molar-refractivity contribution is -0.117. The molecule has 0 radical (unpaired) electrons. The molecule has 2 aliphatic carbocycles. The Labute approximate surface area is 100 Å². The largest absolute Gasteiger partial charge is 0.326 e. The summed E-state index contributed by atoms with van der Waals surface area (Å²) in [7, 11) is 0. The highest BCUT2D eigenvalue weighted by Crippen LogP contribution is 2.47. The van der Waals surface area contributed by atoms with Crippen LogP contribution in [0.4, 0.5) is 5.69 Å². The first-order valence-corrected chi connectivity index (χ1v) is 6.06. The van der Waals surface area contributed by atoms with Gasteiger partial charge in [-0.25, -0.2) is 0 Å². The second-order valence-electron chi connectivity index (χ2n) is 5.03. The summed E-state index contributed by atoms with van der Waals surface area (Å²) < 4.78 is 0. The van der Waals surface area contributed by atoms with Gasteiger partial charge in [0.25, 0.3) is 0 Å². The normalized spacial score (nSPS) is 20.4. The zero-order valence-corrected chi connectivity index (χ0v) is 9.57. The Bertz CT molecular complexity index is 490. The van der Waals surface area contributed by atoms with E-state index in [4.69, 9.17) is 5.26 Å². The van der Waals surface area contributed by atoms with Crippen molar-refractivity contribution in [2.45, 2.75) is 31.1 Å². The molecular weight excluding hydrogens is 212 g/mol. The van der Waals surface area contributed by atoms with E-state index in [0.29, 0.717) is 0 Å². The lowest BCUT2D eigenvalue weighted by atomic mass is 9.98. The van der Waals surface area contributed by atoms with Crippen molar-refractivity contribution in [3.05, 3.63) is 29.8 Å². The van der Waals surface area contributed by atoms with Crippen molar-refractivity contribution < 1.29 is 4.79 Å². The molecule has 0 atom stereocenters. The number of anilines is 1. The van der Waals surface area contributed by atoms with Crippen LogP contribution in [0.25, 0.3) is 0 Å². The molecule has 17 heavy (non-hydrogen) atoms. The molecule has 2 fully saturated rings. The van der Waals surface area contributed by atoms with Gasteiger partial charge in [-0.3, -0.25) is 4.79 Å². The minimum Gasteiger partial charge on any atom is -0.326 e. The van der Waals surface area contributed by atoms with Gasteiger partial charge in [0.2, 0.25) is 5.91 Å². The van der Waals surface area contributed by atoms with Crippen molar-refractivity contribution in [1.29, 1.82) is 5.26 Å². The van der Waals surface area contributed by atoms with E-state index in [1.165, 1.54) is 0 Å². The number of nitriles is 1. The highest BCUT2D eigenvalue weighted by molar-refractivity contribution is 5.94. The predicted molar refractivity (Wildman–Crippen MR) is 64.3 cm³/mol. The lowest BCUT2D eigenvalue weighted by Gasteiger charge is -2.08. The summed E-state index contributed by atoms with van der Waals surface area (Å²) in [5, 5.41) is 12.0. The number of hydrogen-bond donors (Lipinski definition) is 1. The number of rotatable bonds is 3. The van der Waals surface area contributed by atoms with E-state index < -0.39 is 0 Å². The van der Waals surface area contributed by atoms with E-state index in [9.17, 15) is 4.79 Å². The average Bonchev–Trinajstić information content (AvgIpc) is 3.23. The number of nitrogens with zero attached hydrogens (tertiary/aromatic N) is 1. The molecule has 0 bridgehead atoms. The standard InChI is InChI=1S/C14H14N2O/c15-9-14(7-8-14)11-3-5-12(6-4-11)16-13(17)10-1-2-10/h3-6,10H,1-2,7-8H2,(H,16,17). The second-order valence-corrected chi connectivity index (χ2v) is 5.03. The Morgan fingerprint density at radius 1 is 1.29 bits per heavy atom. The predicted octanol–water partition coefficient (Wildman–Crippen LogP) is 2.59. The van der Waals surface area contributed by atoms with Crippen LogP contribution >= 0.6 is 0 Å². The molecule has 1 aromatic carbocycles. The van der Waals surface area contributed by atoms with Gasteiger partial charge in [-0.05, 0) is 43.4 Å². The molecule has 0 aromatic heterocycles. The van der Waals surface area contributed by atoms with Gasteiger partial charge in [0.05, 0.1) is 11.5 Å². The van der Waals surface area contributed by atoms with Gasteiger partial charge in [0, 0.05) is 11.6 Å². The van der Waals surface area contributed by atoms with E-state index in [1.54, 1.807) is 0 Å². The van der Waals surface area contributed by atoms with Crippen molar-refractivity contribution in [2.24, 2.45) is 5.92 Å². The third kappa shape index (κ3) is 1.91. The summed E-state index contributed by atoms with van der Waals surface area (Å²) in [5.74, 6) is 0.350. The Morgan fingerprint density at radius 2 is 1.94 bits per heavy atom. The third-order valence-electron chi connectivity index (χ3n) is 3.62. The van der Waals surface area contributed by atoms with Gasteiger partial charge < -0.3 is 5.32 Å². The summed E-state index contributed by atoms with van der Waals surface area (Å²) in [5.41, 5.74) is 1.67. The Balaban J connectivity index is 1.72. The molecule has 2 saturated carbocycles. The Kier molecular flexibility index (Phi) is 2.19. The maximum Gasteiger partial charge on any atom is 0.227 e. The van der Waals surface area contributed by atoms with Gasteiger partial charge in [0.15, 0.2) is 0 Å². The molecule has 0 spiro atoms. The molecule has 3 nitrogen and oxygen atoms in total. The van der Waals surface area contributed by atoms with Crippen LogP contribution in [0.2, 0.25) is 0 Å². The van der Waals surface area contributed by atoms with E-state index >= 15 is 0 Å². The summed E-state index contributed by atoms with van der Waals surface area (Å²) in [6.07, 6.45) is 3.94. The first-order valence-electron chi connectivity index (χ1n) is 6.06. The quantitative estimate of drug-likeness (QED) is 0.861. The van der Waals surface area contributed by atoms with Crippen LogP contribution in [0.1, 0.15) is 31.2 Å². The zero-order chi connectivity index (χ0) is 11.9. The fourth-order valence-electron chi connectivity index (χ4n) is 2.05. The summed E-state index contributed by atoms with van der Waals surface area (Å²) >= 11 is 0. The molecule has 0 aliphatic heterocycles. The van der Waals surface area contributed by atoms with Crippen LogP contribution in [-0.2, 0) is 10.2 Å². The third-order valence-corrected chi connectivity index (χ3v) is 3.62. The number of hydrogen-bond acceptors (Lipinski definition) is 2. The van der Waals surface area contributed by atoms with Crippen LogP contribution in [0.15, 0.2) is 24.3 Å². The fraction of sp³-hybridized carbons (Fsp3) is 0.429. The number of carbonyl (C=O) groups is 1. The molecule has 86 valence electrons. The van der Waals surface area contributed by atoms with E-state index in [2.05, 4.69) is 11.4 Å². The summed E-state index contributed by atoms with van der Waals surface area (Å²) in [6, 6.07) is 10.1. The number of amides is 1.